The fraction of sp³-hybridized carbons (Fsp3) is 0.542. The number of rotatable bonds is 7. The number of aromatic nitrogens is 5. The molecule has 3 atom stereocenters. The van der Waals surface area contributed by atoms with Gasteiger partial charge >= 0.3 is 0 Å². The van der Waals surface area contributed by atoms with E-state index in [2.05, 4.69) is 26.6 Å². The van der Waals surface area contributed by atoms with Gasteiger partial charge in [-0.25, -0.2) is 4.98 Å². The Labute approximate surface area is 220 Å². The minimum atomic E-state index is -3.59. The van der Waals surface area contributed by atoms with Gasteiger partial charge in [-0.2, -0.15) is 37.4 Å². The number of aliphatic hydroxyl groups is 1. The summed E-state index contributed by atoms with van der Waals surface area (Å²) in [5.41, 5.74) is 1.12. The highest BCUT2D eigenvalue weighted by Crippen LogP contribution is 2.40. The first kappa shape index (κ1) is 24.9. The molecule has 0 radical (unpaired) electrons. The van der Waals surface area contributed by atoms with Gasteiger partial charge in [0.1, 0.15) is 5.82 Å². The second kappa shape index (κ2) is 9.73. The summed E-state index contributed by atoms with van der Waals surface area (Å²) in [6.07, 6.45) is 5.66. The lowest BCUT2D eigenvalue weighted by Crippen LogP contribution is -2.64. The molecule has 0 spiro atoms. The van der Waals surface area contributed by atoms with Crippen LogP contribution in [0.5, 0.6) is 0 Å². The zero-order valence-corrected chi connectivity index (χ0v) is 21.8. The Bertz CT molecular complexity index is 1470. The largest absolute Gasteiger partial charge is 0.390 e. The lowest BCUT2D eigenvalue weighted by Gasteiger charge is -2.51. The quantitative estimate of drug-likeness (QED) is 0.401. The van der Waals surface area contributed by atoms with Crippen LogP contribution in [0.2, 0.25) is 0 Å². The van der Waals surface area contributed by atoms with E-state index in [9.17, 15) is 13.5 Å². The molecule has 3 saturated heterocycles. The Kier molecular flexibility index (Phi) is 6.39. The Balaban J connectivity index is 1.26. The fourth-order valence-corrected chi connectivity index (χ4v) is 7.98. The van der Waals surface area contributed by atoms with E-state index >= 15 is 0 Å². The van der Waals surface area contributed by atoms with Crippen molar-refractivity contribution in [1.82, 2.24) is 33.8 Å². The van der Waals surface area contributed by atoms with E-state index < -0.39 is 10.2 Å². The molecule has 38 heavy (non-hydrogen) atoms. The Morgan fingerprint density at radius 2 is 2.03 bits per heavy atom. The molecule has 1 unspecified atom stereocenters. The molecular weight excluding hydrogens is 508 g/mol. The highest BCUT2D eigenvalue weighted by atomic mass is 32.2. The maximum Gasteiger partial charge on any atom is 0.282 e. The van der Waals surface area contributed by atoms with Gasteiger partial charge in [-0.3, -0.25) is 5.10 Å². The minimum absolute atomic E-state index is 0.0559. The number of pyridine rings is 1. The van der Waals surface area contributed by atoms with Crippen LogP contribution in [0.15, 0.2) is 24.4 Å². The predicted molar refractivity (Wildman–Crippen MR) is 139 cm³/mol. The summed E-state index contributed by atoms with van der Waals surface area (Å²) in [5, 5.41) is 29.4. The van der Waals surface area contributed by atoms with Gasteiger partial charge in [0.2, 0.25) is 5.95 Å². The lowest BCUT2D eigenvalue weighted by atomic mass is 9.83. The smallest absolute Gasteiger partial charge is 0.282 e. The van der Waals surface area contributed by atoms with Crippen molar-refractivity contribution in [2.24, 2.45) is 5.92 Å². The van der Waals surface area contributed by atoms with E-state index in [0.717, 1.165) is 24.6 Å². The summed E-state index contributed by atoms with van der Waals surface area (Å²) in [7, 11) is -1.65. The highest BCUT2D eigenvalue weighted by Gasteiger charge is 2.50. The van der Waals surface area contributed by atoms with E-state index in [0.29, 0.717) is 41.8 Å². The number of fused-ring (bicyclic) bond motifs is 3. The van der Waals surface area contributed by atoms with Gasteiger partial charge in [-0.05, 0) is 37.8 Å². The van der Waals surface area contributed by atoms with Gasteiger partial charge in [0.25, 0.3) is 10.2 Å². The molecule has 3 fully saturated rings. The van der Waals surface area contributed by atoms with Gasteiger partial charge in [-0.15, -0.1) is 0 Å². The van der Waals surface area contributed by atoms with Gasteiger partial charge in [-0.1, -0.05) is 6.42 Å². The van der Waals surface area contributed by atoms with Gasteiger partial charge < -0.3 is 15.3 Å². The number of H-pyrrole nitrogens is 1. The van der Waals surface area contributed by atoms with Crippen LogP contribution < -0.4 is 10.2 Å². The van der Waals surface area contributed by atoms with Crippen molar-refractivity contribution in [3.05, 3.63) is 30.1 Å². The molecule has 200 valence electrons. The molecule has 3 N–H and O–H groups in total. The van der Waals surface area contributed by atoms with Crippen molar-refractivity contribution < 1.29 is 13.5 Å². The number of nitrogens with one attached hydrogen (secondary N) is 2. The number of nitrogens with zero attached hydrogens (tertiary/aromatic N) is 8. The summed E-state index contributed by atoms with van der Waals surface area (Å²) in [6, 6.07) is 7.43. The number of piperidine rings is 2. The number of aromatic amines is 1. The molecule has 0 amide bonds. The molecule has 2 bridgehead atoms. The summed E-state index contributed by atoms with van der Waals surface area (Å²) in [5.74, 6) is 1.34. The normalized spacial score (nSPS) is 24.6. The summed E-state index contributed by atoms with van der Waals surface area (Å²) in [6.45, 7) is 0.408. The number of anilines is 3. The van der Waals surface area contributed by atoms with E-state index in [1.165, 1.54) is 4.31 Å². The van der Waals surface area contributed by atoms with E-state index in [1.807, 2.05) is 24.1 Å². The number of hydrogen-bond donors (Lipinski definition) is 3. The number of aliphatic hydroxyl groups excluding tert-OH is 1. The third-order valence-electron chi connectivity index (χ3n) is 7.88. The van der Waals surface area contributed by atoms with Crippen molar-refractivity contribution in [2.75, 3.05) is 30.4 Å². The van der Waals surface area contributed by atoms with Crippen molar-refractivity contribution in [3.63, 3.8) is 0 Å². The van der Waals surface area contributed by atoms with Gasteiger partial charge in [0, 0.05) is 50.5 Å². The van der Waals surface area contributed by atoms with Crippen LogP contribution >= 0.6 is 0 Å². The Morgan fingerprint density at radius 3 is 2.71 bits per heavy atom. The topological polar surface area (TPSA) is 167 Å². The predicted octanol–water partition coefficient (Wildman–Crippen LogP) is 1.51. The molecule has 3 aliphatic heterocycles. The fourth-order valence-electron chi connectivity index (χ4n) is 5.84. The van der Waals surface area contributed by atoms with Crippen molar-refractivity contribution in [1.29, 1.82) is 5.26 Å². The van der Waals surface area contributed by atoms with Gasteiger partial charge in [0.05, 0.1) is 29.7 Å². The van der Waals surface area contributed by atoms with Crippen molar-refractivity contribution >= 4 is 38.8 Å². The minimum Gasteiger partial charge on any atom is -0.390 e. The van der Waals surface area contributed by atoms with Crippen molar-refractivity contribution in [3.8, 4) is 6.07 Å². The summed E-state index contributed by atoms with van der Waals surface area (Å²) < 4.78 is 30.1. The molecule has 0 aliphatic carbocycles. The van der Waals surface area contributed by atoms with Crippen LogP contribution in [-0.2, 0) is 16.8 Å². The van der Waals surface area contributed by atoms with Crippen LogP contribution in [0, 0.1) is 17.2 Å². The molecule has 6 heterocycles. The molecule has 6 rings (SSSR count). The zero-order valence-electron chi connectivity index (χ0n) is 21.0. The van der Waals surface area contributed by atoms with Crippen LogP contribution in [-0.4, -0.2) is 85.5 Å². The SMILES string of the molecule is CN(c1nc(Nc2cc(CO)[nH]n2)c2cccnc2n1)C1C[C@H]2CCC[C@@H](C1)N2S(=O)(=O)N1CC(C#N)C1. The molecule has 14 heteroatoms. The Morgan fingerprint density at radius 1 is 1.26 bits per heavy atom. The lowest BCUT2D eigenvalue weighted by molar-refractivity contribution is 0.0930. The Hall–Kier alpha value is -3.38. The summed E-state index contributed by atoms with van der Waals surface area (Å²) in [4.78, 5) is 16.0. The second-order valence-electron chi connectivity index (χ2n) is 10.3. The maximum atomic E-state index is 13.4. The van der Waals surface area contributed by atoms with Crippen molar-refractivity contribution in [2.45, 2.75) is 56.8 Å². The first-order chi connectivity index (χ1) is 18.4. The van der Waals surface area contributed by atoms with Crippen LogP contribution in [0.1, 0.15) is 37.8 Å². The molecular formula is C24H30N10O3S. The molecule has 0 aromatic carbocycles. The highest BCUT2D eigenvalue weighted by molar-refractivity contribution is 7.86. The van der Waals surface area contributed by atoms with E-state index in [-0.39, 0.29) is 43.7 Å². The first-order valence-corrected chi connectivity index (χ1v) is 14.2. The maximum absolute atomic E-state index is 13.4. The number of nitriles is 1. The third kappa shape index (κ3) is 4.35. The summed E-state index contributed by atoms with van der Waals surface area (Å²) >= 11 is 0. The monoisotopic (exact) mass is 538 g/mol. The zero-order chi connectivity index (χ0) is 26.4. The van der Waals surface area contributed by atoms with E-state index in [4.69, 9.17) is 15.2 Å². The second-order valence-corrected chi connectivity index (χ2v) is 12.1. The van der Waals surface area contributed by atoms with Crippen LogP contribution in [0.25, 0.3) is 11.0 Å². The molecule has 0 saturated carbocycles. The number of hydrogen-bond acceptors (Lipinski definition) is 10. The standard InChI is InChI=1S/C24H30N10O3S/c1-32(19-9-17-4-2-5-18(10-19)34(17)38(36,37)33-12-15(11-25)13-33)24-28-22-20(6-3-7-26-22)23(29-24)27-21-8-16(14-35)30-31-21/h3,6-8,15,17-19,35H,2,4-5,9-10,12-14H2,1H3,(H2,26,27,28,29,30,31)/t17-,18+,19?. The molecule has 3 aliphatic rings. The van der Waals surface area contributed by atoms with Crippen LogP contribution in [0.3, 0.4) is 0 Å². The average Bonchev–Trinajstić information content (AvgIpc) is 3.34. The van der Waals surface area contributed by atoms with Gasteiger partial charge in [0.15, 0.2) is 11.5 Å². The van der Waals surface area contributed by atoms with Crippen LogP contribution in [0.4, 0.5) is 17.6 Å². The molecule has 13 nitrogen and oxygen atoms in total. The first-order valence-electron chi connectivity index (χ1n) is 12.8. The van der Waals surface area contributed by atoms with E-state index in [1.54, 1.807) is 16.6 Å². The third-order valence-corrected chi connectivity index (χ3v) is 9.96. The average molecular weight is 539 g/mol. The molecule has 3 aromatic rings. The molecule has 3 aromatic heterocycles.